The van der Waals surface area contributed by atoms with Gasteiger partial charge in [-0.2, -0.15) is 5.10 Å². The van der Waals surface area contributed by atoms with Crippen molar-refractivity contribution in [1.82, 2.24) is 29.8 Å². The van der Waals surface area contributed by atoms with Crippen LogP contribution in [0.25, 0.3) is 0 Å². The number of hydrogen-bond donors (Lipinski definition) is 2. The maximum atomic E-state index is 12.7. The number of amides is 2. The fourth-order valence-corrected chi connectivity index (χ4v) is 3.86. The fourth-order valence-electron chi connectivity index (χ4n) is 3.86. The number of nitrogens with one attached hydrogen (secondary N) is 2. The van der Waals surface area contributed by atoms with E-state index in [2.05, 4.69) is 15.5 Å². The van der Waals surface area contributed by atoms with Crippen molar-refractivity contribution in [3.8, 4) is 0 Å². The van der Waals surface area contributed by atoms with Gasteiger partial charge in [-0.15, -0.1) is 0 Å². The number of urea groups is 1. The van der Waals surface area contributed by atoms with Crippen molar-refractivity contribution in [2.24, 2.45) is 14.1 Å². The molecule has 8 nitrogen and oxygen atoms in total. The Morgan fingerprint density at radius 1 is 1.33 bits per heavy atom. The molecule has 0 aromatic carbocycles. The van der Waals surface area contributed by atoms with Crippen molar-refractivity contribution in [2.75, 3.05) is 6.54 Å². The zero-order valence-corrected chi connectivity index (χ0v) is 14.0. The van der Waals surface area contributed by atoms with Gasteiger partial charge >= 0.3 is 6.03 Å². The summed E-state index contributed by atoms with van der Waals surface area (Å²) in [5.74, 6) is 0. The van der Waals surface area contributed by atoms with Gasteiger partial charge in [0.25, 0.3) is 5.56 Å². The monoisotopic (exact) mass is 330 g/mol. The Morgan fingerprint density at radius 2 is 2.17 bits per heavy atom. The lowest BCUT2D eigenvalue weighted by molar-refractivity contribution is 0.185. The third kappa shape index (κ3) is 2.33. The zero-order chi connectivity index (χ0) is 16.8. The summed E-state index contributed by atoms with van der Waals surface area (Å²) in [6.45, 7) is 1.03. The standard InChI is InChI=1S/C16H22N6O2/c1-20-13-5-3-4-12(11(13)8-17-20)18-16(24)22-7-6-10-14(9-22)21(2)19-15(10)23/h8,12H,3-7,9H2,1-2H3,(H,18,24)(H,19,23). The highest BCUT2D eigenvalue weighted by Gasteiger charge is 2.29. The first-order valence-corrected chi connectivity index (χ1v) is 8.37. The minimum atomic E-state index is -0.0731. The minimum absolute atomic E-state index is 0.0198. The summed E-state index contributed by atoms with van der Waals surface area (Å²) in [5.41, 5.74) is 3.99. The van der Waals surface area contributed by atoms with Crippen LogP contribution in [0.4, 0.5) is 4.79 Å². The van der Waals surface area contributed by atoms with Gasteiger partial charge in [-0.25, -0.2) is 4.79 Å². The number of carbonyl (C=O) groups excluding carboxylic acids is 1. The molecule has 0 radical (unpaired) electrons. The molecule has 2 aromatic rings. The van der Waals surface area contributed by atoms with E-state index in [1.54, 1.807) is 9.58 Å². The Balaban J connectivity index is 1.50. The van der Waals surface area contributed by atoms with E-state index in [1.165, 1.54) is 5.69 Å². The average Bonchev–Trinajstić information content (AvgIpc) is 3.09. The van der Waals surface area contributed by atoms with Gasteiger partial charge in [0.1, 0.15) is 0 Å². The molecule has 0 fully saturated rings. The molecule has 2 amide bonds. The highest BCUT2D eigenvalue weighted by molar-refractivity contribution is 5.75. The maximum Gasteiger partial charge on any atom is 0.318 e. The number of hydrogen-bond acceptors (Lipinski definition) is 3. The van der Waals surface area contributed by atoms with Gasteiger partial charge in [-0.1, -0.05) is 0 Å². The predicted molar refractivity (Wildman–Crippen MR) is 87.6 cm³/mol. The van der Waals surface area contributed by atoms with Gasteiger partial charge in [0.2, 0.25) is 0 Å². The summed E-state index contributed by atoms with van der Waals surface area (Å²) in [7, 11) is 3.76. The molecule has 128 valence electrons. The smallest absolute Gasteiger partial charge is 0.318 e. The van der Waals surface area contributed by atoms with Crippen LogP contribution in [0.15, 0.2) is 11.0 Å². The van der Waals surface area contributed by atoms with Crippen LogP contribution in [0.1, 0.15) is 41.4 Å². The second-order valence-corrected chi connectivity index (χ2v) is 6.66. The van der Waals surface area contributed by atoms with Gasteiger partial charge in [0.05, 0.1) is 24.5 Å². The summed E-state index contributed by atoms with van der Waals surface area (Å²) >= 11 is 0. The average molecular weight is 330 g/mol. The molecule has 1 aliphatic heterocycles. The zero-order valence-electron chi connectivity index (χ0n) is 14.0. The van der Waals surface area contributed by atoms with Crippen LogP contribution in [-0.2, 0) is 33.5 Å². The first-order chi connectivity index (χ1) is 11.5. The van der Waals surface area contributed by atoms with E-state index >= 15 is 0 Å². The molecule has 0 saturated heterocycles. The largest absolute Gasteiger partial charge is 0.331 e. The number of aromatic amines is 1. The van der Waals surface area contributed by atoms with Crippen molar-refractivity contribution < 1.29 is 4.79 Å². The normalized spacial score (nSPS) is 19.8. The number of aryl methyl sites for hydroxylation is 2. The van der Waals surface area contributed by atoms with Crippen LogP contribution in [0.3, 0.4) is 0 Å². The lowest BCUT2D eigenvalue weighted by Gasteiger charge is -2.31. The maximum absolute atomic E-state index is 12.7. The van der Waals surface area contributed by atoms with Crippen LogP contribution >= 0.6 is 0 Å². The first kappa shape index (κ1) is 15.0. The van der Waals surface area contributed by atoms with Crippen LogP contribution in [0.5, 0.6) is 0 Å². The van der Waals surface area contributed by atoms with Crippen molar-refractivity contribution in [3.05, 3.63) is 39.1 Å². The fraction of sp³-hybridized carbons (Fsp3) is 0.562. The second kappa shape index (κ2) is 5.54. The van der Waals surface area contributed by atoms with Gasteiger partial charge in [-0.05, 0) is 25.7 Å². The molecule has 2 aromatic heterocycles. The molecule has 2 aliphatic rings. The molecule has 0 spiro atoms. The van der Waals surface area contributed by atoms with Crippen molar-refractivity contribution >= 4 is 6.03 Å². The van der Waals surface area contributed by atoms with Gasteiger partial charge in [-0.3, -0.25) is 19.3 Å². The molecule has 1 aliphatic carbocycles. The summed E-state index contributed by atoms with van der Waals surface area (Å²) in [5, 5.41) is 10.2. The highest BCUT2D eigenvalue weighted by atomic mass is 16.2. The Labute approximate surface area is 139 Å². The number of aromatic nitrogens is 4. The topological polar surface area (TPSA) is 87.9 Å². The van der Waals surface area contributed by atoms with E-state index in [0.717, 1.165) is 36.1 Å². The molecule has 4 rings (SSSR count). The predicted octanol–water partition coefficient (Wildman–Crippen LogP) is 0.592. The van der Waals surface area contributed by atoms with E-state index in [1.807, 2.05) is 25.0 Å². The number of carbonyl (C=O) groups is 1. The second-order valence-electron chi connectivity index (χ2n) is 6.66. The van der Waals surface area contributed by atoms with Gasteiger partial charge < -0.3 is 10.2 Å². The number of rotatable bonds is 1. The third-order valence-electron chi connectivity index (χ3n) is 5.23. The molecule has 1 atom stereocenters. The van der Waals surface area contributed by atoms with Gasteiger partial charge in [0, 0.05) is 37.5 Å². The quantitative estimate of drug-likeness (QED) is 0.802. The Kier molecular flexibility index (Phi) is 3.47. The van der Waals surface area contributed by atoms with Crippen LogP contribution in [0, 0.1) is 0 Å². The first-order valence-electron chi connectivity index (χ1n) is 8.37. The molecule has 3 heterocycles. The summed E-state index contributed by atoms with van der Waals surface area (Å²) in [6.07, 6.45) is 5.46. The number of H-pyrrole nitrogens is 1. The van der Waals surface area contributed by atoms with E-state index in [0.29, 0.717) is 19.5 Å². The van der Waals surface area contributed by atoms with E-state index in [9.17, 15) is 9.59 Å². The number of nitrogens with zero attached hydrogens (tertiary/aromatic N) is 4. The van der Waals surface area contributed by atoms with Crippen molar-refractivity contribution in [1.29, 1.82) is 0 Å². The lowest BCUT2D eigenvalue weighted by atomic mass is 9.93. The van der Waals surface area contributed by atoms with Crippen molar-refractivity contribution in [2.45, 2.75) is 38.3 Å². The Morgan fingerprint density at radius 3 is 3.00 bits per heavy atom. The molecule has 0 saturated carbocycles. The van der Waals surface area contributed by atoms with Crippen LogP contribution < -0.4 is 10.9 Å². The number of fused-ring (bicyclic) bond motifs is 2. The molecule has 24 heavy (non-hydrogen) atoms. The SMILES string of the molecule is Cn1ncc2c1CCCC2NC(=O)N1CCc2c(n(C)[nH]c2=O)C1. The van der Waals surface area contributed by atoms with Crippen LogP contribution in [0.2, 0.25) is 0 Å². The summed E-state index contributed by atoms with van der Waals surface area (Å²) in [6, 6.07) is -0.0533. The van der Waals surface area contributed by atoms with Gasteiger partial charge in [0.15, 0.2) is 0 Å². The summed E-state index contributed by atoms with van der Waals surface area (Å²) in [4.78, 5) is 26.3. The minimum Gasteiger partial charge on any atom is -0.331 e. The van der Waals surface area contributed by atoms with E-state index in [4.69, 9.17) is 0 Å². The third-order valence-corrected chi connectivity index (χ3v) is 5.23. The molecule has 1 unspecified atom stereocenters. The molecule has 0 bridgehead atoms. The molecule has 2 N–H and O–H groups in total. The molecular formula is C16H22N6O2. The Bertz CT molecular complexity index is 845. The van der Waals surface area contributed by atoms with E-state index in [-0.39, 0.29) is 17.6 Å². The summed E-state index contributed by atoms with van der Waals surface area (Å²) < 4.78 is 3.62. The molecule has 8 heteroatoms. The lowest BCUT2D eigenvalue weighted by Crippen LogP contribution is -2.45. The molecular weight excluding hydrogens is 308 g/mol. The van der Waals surface area contributed by atoms with Crippen LogP contribution in [-0.4, -0.2) is 37.0 Å². The highest BCUT2D eigenvalue weighted by Crippen LogP contribution is 2.29. The van der Waals surface area contributed by atoms with E-state index < -0.39 is 0 Å². The van der Waals surface area contributed by atoms with Crippen molar-refractivity contribution in [3.63, 3.8) is 0 Å². The Hall–Kier alpha value is -2.51.